The number of likely N-dealkylation sites (N-methyl/N-ethyl adjacent to an activating group) is 1. The van der Waals surface area contributed by atoms with E-state index in [9.17, 15) is 4.79 Å². The highest BCUT2D eigenvalue weighted by Crippen LogP contribution is 2.03. The highest BCUT2D eigenvalue weighted by molar-refractivity contribution is 5.87. The van der Waals surface area contributed by atoms with Gasteiger partial charge in [0.05, 0.1) is 13.6 Å². The Hall–Kier alpha value is -0.830. The molecule has 0 amide bonds. The van der Waals surface area contributed by atoms with Gasteiger partial charge in [-0.2, -0.15) is 0 Å². The van der Waals surface area contributed by atoms with Crippen LogP contribution in [-0.2, 0) is 9.53 Å². The first-order chi connectivity index (χ1) is 5.59. The number of rotatable bonds is 2. The van der Waals surface area contributed by atoms with Gasteiger partial charge in [-0.3, -0.25) is 0 Å². The summed E-state index contributed by atoms with van der Waals surface area (Å²) in [5, 5.41) is 0. The van der Waals surface area contributed by atoms with Gasteiger partial charge in [-0.25, -0.2) is 4.79 Å². The molecule has 0 aromatic rings. The van der Waals surface area contributed by atoms with Gasteiger partial charge in [0.25, 0.3) is 0 Å². The molecule has 0 aromatic heterocycles. The summed E-state index contributed by atoms with van der Waals surface area (Å²) in [6.07, 6.45) is 1.08. The van der Waals surface area contributed by atoms with Gasteiger partial charge in [0.1, 0.15) is 6.54 Å². The number of quaternary nitrogens is 1. The molecular weight excluding hydrogens is 154 g/mol. The van der Waals surface area contributed by atoms with Crippen molar-refractivity contribution in [2.75, 3.05) is 20.1 Å². The molecule has 12 heavy (non-hydrogen) atoms. The Bertz CT molecular complexity index is 201. The van der Waals surface area contributed by atoms with Gasteiger partial charge in [0, 0.05) is 12.0 Å². The lowest BCUT2D eigenvalue weighted by Gasteiger charge is -2.09. The Labute approximate surface area is 73.0 Å². The third-order valence-electron chi connectivity index (χ3n) is 2.09. The molecule has 0 aromatic carbocycles. The van der Waals surface area contributed by atoms with Crippen molar-refractivity contribution < 1.29 is 14.4 Å². The molecule has 1 rings (SSSR count). The molecule has 3 heteroatoms. The van der Waals surface area contributed by atoms with Crippen LogP contribution in [0.5, 0.6) is 0 Å². The molecule has 1 saturated heterocycles. The van der Waals surface area contributed by atoms with Crippen LogP contribution >= 0.6 is 0 Å². The minimum absolute atomic E-state index is 0.106. The number of nitrogens with one attached hydrogen (secondary N) is 1. The predicted molar refractivity (Wildman–Crippen MR) is 45.9 cm³/mol. The fourth-order valence-electron chi connectivity index (χ4n) is 1.35. The van der Waals surface area contributed by atoms with Crippen molar-refractivity contribution in [3.63, 3.8) is 0 Å². The summed E-state index contributed by atoms with van der Waals surface area (Å²) in [6, 6.07) is 0. The van der Waals surface area contributed by atoms with Crippen molar-refractivity contribution in [2.45, 2.75) is 19.4 Å². The van der Waals surface area contributed by atoms with Crippen LogP contribution in [0.3, 0.4) is 0 Å². The second-order valence-corrected chi connectivity index (χ2v) is 3.51. The van der Waals surface area contributed by atoms with Crippen LogP contribution in [0.1, 0.15) is 13.3 Å². The van der Waals surface area contributed by atoms with Crippen molar-refractivity contribution in [1.29, 1.82) is 0 Å². The van der Waals surface area contributed by atoms with Gasteiger partial charge in [0.15, 0.2) is 6.10 Å². The minimum atomic E-state index is -0.255. The Kier molecular flexibility index (Phi) is 2.87. The second kappa shape index (κ2) is 3.72. The van der Waals surface area contributed by atoms with Crippen molar-refractivity contribution in [1.82, 2.24) is 0 Å². The molecule has 3 nitrogen and oxygen atoms in total. The molecule has 1 aliphatic rings. The highest BCUT2D eigenvalue weighted by atomic mass is 16.5. The van der Waals surface area contributed by atoms with E-state index in [1.807, 2.05) is 0 Å². The maximum Gasteiger partial charge on any atom is 0.333 e. The molecule has 0 aliphatic carbocycles. The third kappa shape index (κ3) is 2.34. The SMILES string of the molecule is C=C(C)C(=O)OC1CC[NH+](C)C1. The lowest BCUT2D eigenvalue weighted by atomic mass is 10.3. The van der Waals surface area contributed by atoms with E-state index in [1.165, 1.54) is 4.90 Å². The lowest BCUT2D eigenvalue weighted by Crippen LogP contribution is -3.07. The second-order valence-electron chi connectivity index (χ2n) is 3.51. The predicted octanol–water partition coefficient (Wildman–Crippen LogP) is -0.607. The minimum Gasteiger partial charge on any atom is -0.453 e. The van der Waals surface area contributed by atoms with Gasteiger partial charge in [-0.05, 0) is 6.92 Å². The summed E-state index contributed by atoms with van der Waals surface area (Å²) >= 11 is 0. The van der Waals surface area contributed by atoms with Crippen molar-refractivity contribution >= 4 is 5.97 Å². The van der Waals surface area contributed by atoms with E-state index in [1.54, 1.807) is 6.92 Å². The maximum atomic E-state index is 11.1. The molecule has 0 bridgehead atoms. The molecule has 0 spiro atoms. The van der Waals surface area contributed by atoms with Crippen molar-refractivity contribution in [3.05, 3.63) is 12.2 Å². The summed E-state index contributed by atoms with van der Waals surface area (Å²) in [4.78, 5) is 12.5. The quantitative estimate of drug-likeness (QED) is 0.443. The van der Waals surface area contributed by atoms with Gasteiger partial charge in [-0.15, -0.1) is 0 Å². The van der Waals surface area contributed by atoms with Gasteiger partial charge in [0.2, 0.25) is 0 Å². The number of likely N-dealkylation sites (tertiary alicyclic amines) is 1. The first-order valence-electron chi connectivity index (χ1n) is 4.27. The molecule has 68 valence electrons. The number of carbonyl (C=O) groups is 1. The van der Waals surface area contributed by atoms with Gasteiger partial charge in [-0.1, -0.05) is 6.58 Å². The highest BCUT2D eigenvalue weighted by Gasteiger charge is 2.26. The zero-order chi connectivity index (χ0) is 9.14. The molecule has 1 fully saturated rings. The molecule has 1 heterocycles. The monoisotopic (exact) mass is 170 g/mol. The van der Waals surface area contributed by atoms with Crippen LogP contribution in [0.25, 0.3) is 0 Å². The summed E-state index contributed by atoms with van der Waals surface area (Å²) in [5.74, 6) is -0.255. The van der Waals surface area contributed by atoms with E-state index >= 15 is 0 Å². The molecule has 1 aliphatic heterocycles. The summed E-state index contributed by atoms with van der Waals surface area (Å²) < 4.78 is 5.18. The summed E-state index contributed by atoms with van der Waals surface area (Å²) in [5.41, 5.74) is 0.486. The summed E-state index contributed by atoms with van der Waals surface area (Å²) in [6.45, 7) is 7.23. The molecular formula is C9H16NO2+. The van der Waals surface area contributed by atoms with Gasteiger partial charge >= 0.3 is 5.97 Å². The van der Waals surface area contributed by atoms with E-state index in [2.05, 4.69) is 13.6 Å². The first kappa shape index (κ1) is 9.26. The molecule has 2 unspecified atom stereocenters. The van der Waals surface area contributed by atoms with Crippen LogP contribution in [-0.4, -0.2) is 32.2 Å². The Balaban J connectivity index is 2.32. The van der Waals surface area contributed by atoms with Crippen LogP contribution in [0.15, 0.2) is 12.2 Å². The third-order valence-corrected chi connectivity index (χ3v) is 2.09. The molecule has 0 radical (unpaired) electrons. The van der Waals surface area contributed by atoms with E-state index in [-0.39, 0.29) is 12.1 Å². The average Bonchev–Trinajstić information content (AvgIpc) is 2.35. The van der Waals surface area contributed by atoms with Crippen molar-refractivity contribution in [2.24, 2.45) is 0 Å². The Morgan fingerprint density at radius 1 is 1.67 bits per heavy atom. The molecule has 2 atom stereocenters. The number of hydrogen-bond acceptors (Lipinski definition) is 2. The van der Waals surface area contributed by atoms with E-state index < -0.39 is 0 Å². The topological polar surface area (TPSA) is 30.7 Å². The van der Waals surface area contributed by atoms with Crippen LogP contribution in [0, 0.1) is 0 Å². The van der Waals surface area contributed by atoms with E-state index in [0.29, 0.717) is 5.57 Å². The van der Waals surface area contributed by atoms with E-state index in [0.717, 1.165) is 19.5 Å². The normalized spacial score (nSPS) is 28.5. The smallest absolute Gasteiger partial charge is 0.333 e. The fraction of sp³-hybridized carbons (Fsp3) is 0.667. The van der Waals surface area contributed by atoms with E-state index in [4.69, 9.17) is 4.74 Å². The standard InChI is InChI=1S/C9H15NO2/c1-7(2)9(11)12-8-4-5-10(3)6-8/h8H,1,4-6H2,2-3H3/p+1. The summed E-state index contributed by atoms with van der Waals surface area (Å²) in [7, 11) is 2.11. The Morgan fingerprint density at radius 2 is 2.33 bits per heavy atom. The number of ether oxygens (including phenoxy) is 1. The van der Waals surface area contributed by atoms with Gasteiger partial charge < -0.3 is 9.64 Å². The lowest BCUT2D eigenvalue weighted by molar-refractivity contribution is -0.867. The van der Waals surface area contributed by atoms with Crippen LogP contribution < -0.4 is 4.90 Å². The number of esters is 1. The molecule has 0 saturated carbocycles. The van der Waals surface area contributed by atoms with Crippen molar-refractivity contribution in [3.8, 4) is 0 Å². The largest absolute Gasteiger partial charge is 0.453 e. The number of hydrogen-bond donors (Lipinski definition) is 1. The number of carbonyl (C=O) groups excluding carboxylic acids is 1. The zero-order valence-corrected chi connectivity index (χ0v) is 7.72. The maximum absolute atomic E-state index is 11.1. The van der Waals surface area contributed by atoms with Crippen LogP contribution in [0.2, 0.25) is 0 Å². The van der Waals surface area contributed by atoms with Crippen LogP contribution in [0.4, 0.5) is 0 Å². The Morgan fingerprint density at radius 3 is 2.75 bits per heavy atom. The first-order valence-corrected chi connectivity index (χ1v) is 4.27. The average molecular weight is 170 g/mol. The molecule has 1 N–H and O–H groups in total. The zero-order valence-electron chi connectivity index (χ0n) is 7.72. The fourth-order valence-corrected chi connectivity index (χ4v) is 1.35.